The van der Waals surface area contributed by atoms with E-state index in [0.29, 0.717) is 24.5 Å². The summed E-state index contributed by atoms with van der Waals surface area (Å²) in [6, 6.07) is 6.82. The molecule has 0 bridgehead atoms. The van der Waals surface area contributed by atoms with Crippen LogP contribution in [0.3, 0.4) is 0 Å². The van der Waals surface area contributed by atoms with Gasteiger partial charge in [0.05, 0.1) is 25.9 Å². The predicted octanol–water partition coefficient (Wildman–Crippen LogP) is 0.222. The Hall–Kier alpha value is -1.63. The van der Waals surface area contributed by atoms with Gasteiger partial charge in [0.1, 0.15) is 11.8 Å². The van der Waals surface area contributed by atoms with Gasteiger partial charge in [-0.05, 0) is 13.0 Å². The fourth-order valence-electron chi connectivity index (χ4n) is 2.39. The maximum atomic E-state index is 12.1. The molecule has 0 aromatic heterocycles. The zero-order valence-electron chi connectivity index (χ0n) is 12.3. The first-order chi connectivity index (χ1) is 10.1. The second kappa shape index (κ2) is 7.40. The Bertz CT molecular complexity index is 480. The van der Waals surface area contributed by atoms with Gasteiger partial charge < -0.3 is 25.2 Å². The van der Waals surface area contributed by atoms with Crippen LogP contribution in [0.2, 0.25) is 0 Å². The summed E-state index contributed by atoms with van der Waals surface area (Å²) in [6.45, 7) is 3.24. The summed E-state index contributed by atoms with van der Waals surface area (Å²) in [5.74, 6) is 0.433. The van der Waals surface area contributed by atoms with Crippen LogP contribution in [-0.4, -0.2) is 50.0 Å². The number of ether oxygens (including phenoxy) is 2. The van der Waals surface area contributed by atoms with E-state index in [4.69, 9.17) is 9.47 Å². The lowest BCUT2D eigenvalue weighted by Crippen LogP contribution is -2.55. The van der Waals surface area contributed by atoms with Gasteiger partial charge in [-0.2, -0.15) is 0 Å². The van der Waals surface area contributed by atoms with E-state index in [-0.39, 0.29) is 24.6 Å². The summed E-state index contributed by atoms with van der Waals surface area (Å²) in [4.78, 5) is 12.1. The Morgan fingerprint density at radius 1 is 1.57 bits per heavy atom. The van der Waals surface area contributed by atoms with Crippen LogP contribution in [0.5, 0.6) is 5.75 Å². The summed E-state index contributed by atoms with van der Waals surface area (Å²) >= 11 is 0. The first-order valence-electron chi connectivity index (χ1n) is 7.07. The number of nitrogens with one attached hydrogen (secondary N) is 2. The Labute approximate surface area is 124 Å². The van der Waals surface area contributed by atoms with Crippen LogP contribution >= 0.6 is 0 Å². The lowest BCUT2D eigenvalue weighted by atomic mass is 10.1. The highest BCUT2D eigenvalue weighted by Gasteiger charge is 2.28. The van der Waals surface area contributed by atoms with Crippen molar-refractivity contribution in [3.8, 4) is 5.75 Å². The van der Waals surface area contributed by atoms with Gasteiger partial charge >= 0.3 is 0 Å². The zero-order valence-corrected chi connectivity index (χ0v) is 12.3. The molecule has 6 heteroatoms. The summed E-state index contributed by atoms with van der Waals surface area (Å²) in [5.41, 5.74) is 0.654. The van der Waals surface area contributed by atoms with E-state index in [2.05, 4.69) is 10.6 Å². The SMILES string of the molecule is COc1ccccc1C(O)CNC(=O)[C@H]1NCCO[C@@H]1C. The topological polar surface area (TPSA) is 79.8 Å². The Morgan fingerprint density at radius 3 is 3.05 bits per heavy atom. The van der Waals surface area contributed by atoms with E-state index in [1.54, 1.807) is 19.2 Å². The number of para-hydroxylation sites is 1. The molecule has 3 atom stereocenters. The molecule has 1 heterocycles. The van der Waals surface area contributed by atoms with Gasteiger partial charge in [-0.1, -0.05) is 18.2 Å². The van der Waals surface area contributed by atoms with E-state index in [0.717, 1.165) is 0 Å². The molecule has 3 N–H and O–H groups in total. The van der Waals surface area contributed by atoms with Gasteiger partial charge in [-0.25, -0.2) is 0 Å². The van der Waals surface area contributed by atoms with Crippen LogP contribution in [-0.2, 0) is 9.53 Å². The van der Waals surface area contributed by atoms with E-state index in [1.807, 2.05) is 19.1 Å². The van der Waals surface area contributed by atoms with Crippen LogP contribution in [0.4, 0.5) is 0 Å². The molecule has 6 nitrogen and oxygen atoms in total. The summed E-state index contributed by atoms with van der Waals surface area (Å²) < 4.78 is 10.6. The molecule has 21 heavy (non-hydrogen) atoms. The van der Waals surface area contributed by atoms with Gasteiger partial charge in [-0.3, -0.25) is 4.79 Å². The summed E-state index contributed by atoms with van der Waals surface area (Å²) in [5, 5.41) is 16.1. The smallest absolute Gasteiger partial charge is 0.239 e. The van der Waals surface area contributed by atoms with Gasteiger partial charge in [-0.15, -0.1) is 0 Å². The van der Waals surface area contributed by atoms with E-state index >= 15 is 0 Å². The third kappa shape index (κ3) is 3.93. The van der Waals surface area contributed by atoms with Crippen LogP contribution in [0.25, 0.3) is 0 Å². The number of rotatable bonds is 5. The maximum absolute atomic E-state index is 12.1. The standard InChI is InChI=1S/C15H22N2O4/c1-10-14(16-7-8-21-10)15(19)17-9-12(18)11-5-3-4-6-13(11)20-2/h3-6,10,12,14,16,18H,7-9H2,1-2H3,(H,17,19)/t10-,12?,14+/m1/s1. The summed E-state index contributed by atoms with van der Waals surface area (Å²) in [6.07, 6.45) is -0.993. The summed E-state index contributed by atoms with van der Waals surface area (Å²) in [7, 11) is 1.55. The highest BCUT2D eigenvalue weighted by molar-refractivity contribution is 5.82. The lowest BCUT2D eigenvalue weighted by molar-refractivity contribution is -0.129. The second-order valence-corrected chi connectivity index (χ2v) is 5.01. The molecular weight excluding hydrogens is 272 g/mol. The number of amides is 1. The molecule has 0 radical (unpaired) electrons. The number of benzene rings is 1. The molecule has 1 fully saturated rings. The molecule has 1 aliphatic heterocycles. The molecule has 0 aliphatic carbocycles. The van der Waals surface area contributed by atoms with Crippen molar-refractivity contribution in [1.82, 2.24) is 10.6 Å². The molecule has 0 saturated carbocycles. The quantitative estimate of drug-likeness (QED) is 0.724. The molecule has 2 rings (SSSR count). The van der Waals surface area contributed by atoms with Crippen molar-refractivity contribution in [2.45, 2.75) is 25.2 Å². The third-order valence-corrected chi connectivity index (χ3v) is 3.57. The molecular formula is C15H22N2O4. The Kier molecular flexibility index (Phi) is 5.55. The van der Waals surface area contributed by atoms with E-state index in [9.17, 15) is 9.90 Å². The zero-order chi connectivity index (χ0) is 15.2. The first-order valence-corrected chi connectivity index (χ1v) is 7.07. The maximum Gasteiger partial charge on any atom is 0.239 e. The third-order valence-electron chi connectivity index (χ3n) is 3.57. The van der Waals surface area contributed by atoms with Crippen molar-refractivity contribution in [2.24, 2.45) is 0 Å². The molecule has 0 spiro atoms. The molecule has 1 aliphatic rings. The molecule has 1 saturated heterocycles. The second-order valence-electron chi connectivity index (χ2n) is 5.01. The fraction of sp³-hybridized carbons (Fsp3) is 0.533. The average molecular weight is 294 g/mol. The van der Waals surface area contributed by atoms with Gasteiger partial charge in [0.2, 0.25) is 5.91 Å². The average Bonchev–Trinajstić information content (AvgIpc) is 2.52. The van der Waals surface area contributed by atoms with Crippen molar-refractivity contribution in [2.75, 3.05) is 26.8 Å². The number of carbonyl (C=O) groups excluding carboxylic acids is 1. The molecule has 1 unspecified atom stereocenters. The normalized spacial score (nSPS) is 23.4. The highest BCUT2D eigenvalue weighted by atomic mass is 16.5. The number of aliphatic hydroxyl groups excluding tert-OH is 1. The van der Waals surface area contributed by atoms with Gasteiger partial charge in [0.25, 0.3) is 0 Å². The van der Waals surface area contributed by atoms with E-state index < -0.39 is 6.10 Å². The van der Waals surface area contributed by atoms with Crippen molar-refractivity contribution < 1.29 is 19.4 Å². The van der Waals surface area contributed by atoms with E-state index in [1.165, 1.54) is 0 Å². The van der Waals surface area contributed by atoms with Crippen LogP contribution in [0.15, 0.2) is 24.3 Å². The fourth-order valence-corrected chi connectivity index (χ4v) is 2.39. The van der Waals surface area contributed by atoms with Crippen molar-refractivity contribution >= 4 is 5.91 Å². The highest BCUT2D eigenvalue weighted by Crippen LogP contribution is 2.24. The number of hydrogen-bond acceptors (Lipinski definition) is 5. The van der Waals surface area contributed by atoms with Gasteiger partial charge in [0.15, 0.2) is 0 Å². The molecule has 1 aromatic carbocycles. The number of aliphatic hydroxyl groups is 1. The minimum atomic E-state index is -0.815. The molecule has 1 amide bonds. The number of hydrogen-bond donors (Lipinski definition) is 3. The Balaban J connectivity index is 1.91. The lowest BCUT2D eigenvalue weighted by Gasteiger charge is -2.29. The predicted molar refractivity (Wildman–Crippen MR) is 78.2 cm³/mol. The number of morpholine rings is 1. The monoisotopic (exact) mass is 294 g/mol. The first kappa shape index (κ1) is 15.8. The minimum absolute atomic E-state index is 0.129. The largest absolute Gasteiger partial charge is 0.496 e. The minimum Gasteiger partial charge on any atom is -0.496 e. The molecule has 1 aromatic rings. The van der Waals surface area contributed by atoms with Crippen molar-refractivity contribution in [3.63, 3.8) is 0 Å². The van der Waals surface area contributed by atoms with Crippen LogP contribution in [0, 0.1) is 0 Å². The van der Waals surface area contributed by atoms with Crippen LogP contribution < -0.4 is 15.4 Å². The van der Waals surface area contributed by atoms with Crippen molar-refractivity contribution in [1.29, 1.82) is 0 Å². The number of carbonyl (C=O) groups is 1. The van der Waals surface area contributed by atoms with Crippen molar-refractivity contribution in [3.05, 3.63) is 29.8 Å². The number of methoxy groups -OCH3 is 1. The Morgan fingerprint density at radius 2 is 2.33 bits per heavy atom. The van der Waals surface area contributed by atoms with Gasteiger partial charge in [0, 0.05) is 18.7 Å². The molecule has 116 valence electrons. The van der Waals surface area contributed by atoms with Crippen LogP contribution in [0.1, 0.15) is 18.6 Å².